The van der Waals surface area contributed by atoms with E-state index in [0.29, 0.717) is 48.5 Å². The van der Waals surface area contributed by atoms with Gasteiger partial charge in [-0.1, -0.05) is 12.8 Å². The lowest BCUT2D eigenvalue weighted by Gasteiger charge is -2.28. The minimum absolute atomic E-state index is 0.132. The molecule has 2 N–H and O–H groups in total. The number of nitrogens with zero attached hydrogens (tertiary/aromatic N) is 5. The van der Waals surface area contributed by atoms with Gasteiger partial charge in [0.1, 0.15) is 6.16 Å². The fourth-order valence-corrected chi connectivity index (χ4v) is 5.86. The Morgan fingerprint density at radius 1 is 1.24 bits per heavy atom. The number of imidazole rings is 1. The fraction of sp³-hybridized carbons (Fsp3) is 0.731. The maximum atomic E-state index is 13.1. The molecule has 234 valence electrons. The normalized spacial score (nSPS) is 17.8. The van der Waals surface area contributed by atoms with E-state index in [9.17, 15) is 19.0 Å². The molecule has 0 radical (unpaired) electrons. The van der Waals surface area contributed by atoms with Gasteiger partial charge in [0, 0.05) is 32.8 Å². The lowest BCUT2D eigenvalue weighted by molar-refractivity contribution is -0.130. The average Bonchev–Trinajstić information content (AvgIpc) is 3.40. The van der Waals surface area contributed by atoms with Gasteiger partial charge in [0.2, 0.25) is 18.0 Å². The molecular weight excluding hydrogens is 591 g/mol. The van der Waals surface area contributed by atoms with Crippen LogP contribution in [0.2, 0.25) is 5.28 Å². The molecule has 2 heterocycles. The van der Waals surface area contributed by atoms with E-state index in [1.165, 1.54) is 12.8 Å². The molecule has 1 unspecified atom stereocenters. The van der Waals surface area contributed by atoms with Crippen molar-refractivity contribution in [2.24, 2.45) is 5.92 Å². The van der Waals surface area contributed by atoms with Crippen molar-refractivity contribution in [2.75, 3.05) is 38.5 Å². The summed E-state index contributed by atoms with van der Waals surface area (Å²) in [6.45, 7) is 3.61. The Balaban J connectivity index is 1.35. The van der Waals surface area contributed by atoms with Crippen molar-refractivity contribution >= 4 is 48.2 Å². The number of rotatable bonds is 16. The molecule has 16 heteroatoms. The van der Waals surface area contributed by atoms with Crippen LogP contribution in [0.15, 0.2) is 6.33 Å². The molecule has 4 rings (SSSR count). The largest absolute Gasteiger partial charge is 0.510 e. The second kappa shape index (κ2) is 14.8. The van der Waals surface area contributed by atoms with Crippen LogP contribution in [0, 0.1) is 5.92 Å². The number of aromatic nitrogens is 4. The molecule has 1 amide bonds. The standard InChI is InChI=1S/C26H40ClN6O8P/c1-17(2)41-26(35)39-16-40-42(36,37)14-21(34)33(12-18-8-9-18)13-20(38-3)10-11-32-15-28-22-23(29-19-6-4-5-7-19)30-25(27)31-24(22)32/h15,17-20H,4-14,16H2,1-3H3,(H,36,37)(H,29,30,31)/t20-/m0/s1. The lowest BCUT2D eigenvalue weighted by atomic mass is 10.2. The van der Waals surface area contributed by atoms with Crippen molar-refractivity contribution in [3.05, 3.63) is 11.6 Å². The van der Waals surface area contributed by atoms with Gasteiger partial charge in [-0.15, -0.1) is 0 Å². The Morgan fingerprint density at radius 2 is 1.98 bits per heavy atom. The van der Waals surface area contributed by atoms with Crippen LogP contribution in [0.25, 0.3) is 11.2 Å². The summed E-state index contributed by atoms with van der Waals surface area (Å²) in [5.74, 6) is 0.412. The molecular formula is C26H40ClN6O8P. The van der Waals surface area contributed by atoms with Crippen LogP contribution in [-0.2, 0) is 34.6 Å². The monoisotopic (exact) mass is 630 g/mol. The molecule has 0 aliphatic heterocycles. The first kappa shape index (κ1) is 32.4. The number of anilines is 1. The number of nitrogens with one attached hydrogen (secondary N) is 1. The summed E-state index contributed by atoms with van der Waals surface area (Å²) in [5, 5.41) is 3.59. The summed E-state index contributed by atoms with van der Waals surface area (Å²) in [6.07, 6.45) is 6.12. The van der Waals surface area contributed by atoms with Crippen molar-refractivity contribution in [3.8, 4) is 0 Å². The molecule has 2 aliphatic rings. The molecule has 0 saturated heterocycles. The Kier molecular flexibility index (Phi) is 11.4. The van der Waals surface area contributed by atoms with Crippen molar-refractivity contribution in [3.63, 3.8) is 0 Å². The first-order valence-electron chi connectivity index (χ1n) is 14.3. The van der Waals surface area contributed by atoms with Gasteiger partial charge >= 0.3 is 13.8 Å². The van der Waals surface area contributed by atoms with E-state index in [4.69, 9.17) is 25.6 Å². The summed E-state index contributed by atoms with van der Waals surface area (Å²) in [5.41, 5.74) is 1.25. The van der Waals surface area contributed by atoms with Crippen molar-refractivity contribution in [1.82, 2.24) is 24.4 Å². The zero-order valence-corrected chi connectivity index (χ0v) is 25.9. The number of fused-ring (bicyclic) bond motifs is 1. The number of carbonyl (C=O) groups excluding carboxylic acids is 2. The van der Waals surface area contributed by atoms with Gasteiger partial charge in [-0.25, -0.2) is 9.78 Å². The summed E-state index contributed by atoms with van der Waals surface area (Å²) < 4.78 is 34.4. The topological polar surface area (TPSA) is 167 Å². The van der Waals surface area contributed by atoms with Crippen molar-refractivity contribution < 1.29 is 37.8 Å². The Morgan fingerprint density at radius 3 is 2.64 bits per heavy atom. The quantitative estimate of drug-likeness (QED) is 0.118. The average molecular weight is 631 g/mol. The van der Waals surface area contributed by atoms with E-state index in [0.717, 1.165) is 25.7 Å². The number of amides is 1. The minimum Gasteiger partial charge on any atom is -0.432 e. The van der Waals surface area contributed by atoms with Gasteiger partial charge in [0.15, 0.2) is 17.0 Å². The van der Waals surface area contributed by atoms with E-state index in [2.05, 4.69) is 25.0 Å². The Labute approximate surface area is 249 Å². The number of carbonyl (C=O) groups is 2. The predicted octanol–water partition coefficient (Wildman–Crippen LogP) is 4.20. The van der Waals surface area contributed by atoms with Crippen molar-refractivity contribution in [1.29, 1.82) is 0 Å². The van der Waals surface area contributed by atoms with Crippen LogP contribution in [0.3, 0.4) is 0 Å². The third-order valence-electron chi connectivity index (χ3n) is 7.21. The van der Waals surface area contributed by atoms with Crippen LogP contribution in [-0.4, -0.2) is 92.8 Å². The Hall–Kier alpha value is -2.51. The van der Waals surface area contributed by atoms with Crippen LogP contribution in [0.1, 0.15) is 58.8 Å². The molecule has 2 aromatic rings. The van der Waals surface area contributed by atoms with Gasteiger partial charge in [0.05, 0.1) is 18.5 Å². The van der Waals surface area contributed by atoms with Crippen LogP contribution in [0.5, 0.6) is 0 Å². The molecule has 2 aliphatic carbocycles. The van der Waals surface area contributed by atoms with E-state index in [-0.39, 0.29) is 17.9 Å². The van der Waals surface area contributed by atoms with Crippen LogP contribution >= 0.6 is 19.2 Å². The molecule has 0 spiro atoms. The molecule has 2 atom stereocenters. The number of ether oxygens (including phenoxy) is 3. The van der Waals surface area contributed by atoms with Gasteiger partial charge in [0.25, 0.3) is 0 Å². The molecule has 2 aromatic heterocycles. The third kappa shape index (κ3) is 9.77. The zero-order valence-electron chi connectivity index (χ0n) is 24.2. The first-order valence-corrected chi connectivity index (χ1v) is 16.4. The molecule has 14 nitrogen and oxygen atoms in total. The highest BCUT2D eigenvalue weighted by Gasteiger charge is 2.33. The smallest absolute Gasteiger partial charge is 0.432 e. The van der Waals surface area contributed by atoms with Gasteiger partial charge in [-0.3, -0.25) is 13.9 Å². The molecule has 2 saturated carbocycles. The number of aryl methyl sites for hydroxylation is 1. The number of hydrogen-bond donors (Lipinski definition) is 2. The molecule has 42 heavy (non-hydrogen) atoms. The summed E-state index contributed by atoms with van der Waals surface area (Å²) >= 11 is 6.25. The first-order chi connectivity index (χ1) is 20.0. The molecule has 2 fully saturated rings. The number of hydrogen-bond acceptors (Lipinski definition) is 11. The SMILES string of the molecule is CO[C@@H](CCn1cnc2c(NC3CCCC3)nc(Cl)nc21)CN(CC1CC1)C(=O)CP(=O)(O)OCOC(=O)OC(C)C. The number of methoxy groups -OCH3 is 1. The van der Waals surface area contributed by atoms with Crippen LogP contribution in [0.4, 0.5) is 10.6 Å². The minimum atomic E-state index is -4.38. The highest BCUT2D eigenvalue weighted by atomic mass is 35.5. The maximum absolute atomic E-state index is 13.1. The summed E-state index contributed by atoms with van der Waals surface area (Å²) in [7, 11) is -2.82. The molecule has 0 aromatic carbocycles. The summed E-state index contributed by atoms with van der Waals surface area (Å²) in [4.78, 5) is 49.6. The van der Waals surface area contributed by atoms with E-state index in [1.807, 2.05) is 4.57 Å². The zero-order chi connectivity index (χ0) is 30.3. The second-order valence-corrected chi connectivity index (χ2v) is 13.3. The highest BCUT2D eigenvalue weighted by molar-refractivity contribution is 7.53. The fourth-order valence-electron chi connectivity index (χ4n) is 4.85. The van der Waals surface area contributed by atoms with E-state index < -0.39 is 38.7 Å². The second-order valence-electron chi connectivity index (χ2n) is 11.1. The van der Waals surface area contributed by atoms with Crippen molar-refractivity contribution in [2.45, 2.75) is 83.6 Å². The molecule has 0 bridgehead atoms. The lowest BCUT2D eigenvalue weighted by Crippen LogP contribution is -2.41. The number of halogens is 1. The third-order valence-corrected chi connectivity index (χ3v) is 8.56. The highest BCUT2D eigenvalue weighted by Crippen LogP contribution is 2.42. The Bertz CT molecular complexity index is 1270. The van der Waals surface area contributed by atoms with E-state index in [1.54, 1.807) is 32.2 Å². The van der Waals surface area contributed by atoms with Crippen LogP contribution < -0.4 is 5.32 Å². The van der Waals surface area contributed by atoms with Gasteiger partial charge < -0.3 is 33.9 Å². The maximum Gasteiger partial charge on any atom is 0.510 e. The van der Waals surface area contributed by atoms with Gasteiger partial charge in [-0.2, -0.15) is 9.97 Å². The summed E-state index contributed by atoms with van der Waals surface area (Å²) in [6, 6.07) is 0.339. The van der Waals surface area contributed by atoms with Gasteiger partial charge in [-0.05, 0) is 63.5 Å². The predicted molar refractivity (Wildman–Crippen MR) is 154 cm³/mol. The van der Waals surface area contributed by atoms with E-state index >= 15 is 0 Å².